The summed E-state index contributed by atoms with van der Waals surface area (Å²) in [4.78, 5) is 23.9. The van der Waals surface area contributed by atoms with E-state index in [0.717, 1.165) is 19.3 Å². The van der Waals surface area contributed by atoms with E-state index >= 15 is 0 Å². The van der Waals surface area contributed by atoms with Crippen LogP contribution in [0.15, 0.2) is 36.4 Å². The van der Waals surface area contributed by atoms with Gasteiger partial charge in [0.25, 0.3) is 0 Å². The second kappa shape index (κ2) is 8.96. The van der Waals surface area contributed by atoms with Gasteiger partial charge in [-0.15, -0.1) is 0 Å². The van der Waals surface area contributed by atoms with Crippen LogP contribution in [0.1, 0.15) is 47.7 Å². The fourth-order valence-corrected chi connectivity index (χ4v) is 3.20. The van der Waals surface area contributed by atoms with Gasteiger partial charge in [0.15, 0.2) is 12.1 Å². The first kappa shape index (κ1) is 20.7. The molecule has 154 valence electrons. The number of carbonyl (C=O) groups is 2. The van der Waals surface area contributed by atoms with Gasteiger partial charge in [-0.2, -0.15) is 0 Å². The number of hydrogen-bond donors (Lipinski definition) is 3. The van der Waals surface area contributed by atoms with Crippen LogP contribution in [0.5, 0.6) is 17.2 Å². The Morgan fingerprint density at radius 3 is 2.59 bits per heavy atom. The maximum absolute atomic E-state index is 12.8. The summed E-state index contributed by atoms with van der Waals surface area (Å²) in [5.74, 6) is -2.03. The fraction of sp³-hybridized carbons (Fsp3) is 0.364. The number of phenols is 2. The number of carbonyl (C=O) groups excluding carboxylic acids is 1. The van der Waals surface area contributed by atoms with Crippen LogP contribution in [-0.2, 0) is 16.0 Å². The molecule has 2 atom stereocenters. The molecule has 0 spiro atoms. The largest absolute Gasteiger partial charge is 0.508 e. The smallest absolute Gasteiger partial charge is 0.306 e. The molecule has 0 bridgehead atoms. The van der Waals surface area contributed by atoms with E-state index in [1.54, 1.807) is 6.07 Å². The maximum Gasteiger partial charge on any atom is 0.306 e. The molecule has 2 aromatic carbocycles. The van der Waals surface area contributed by atoms with Crippen LogP contribution in [0, 0.1) is 5.92 Å². The number of aliphatic carboxylic acids is 1. The summed E-state index contributed by atoms with van der Waals surface area (Å²) in [6.45, 7) is 2.16. The third-order valence-corrected chi connectivity index (χ3v) is 4.91. The number of rotatable bonds is 7. The number of ketones is 1. The number of phenolic OH excluding ortho intramolecular Hbond substituents is 2. The molecule has 0 aromatic heterocycles. The van der Waals surface area contributed by atoms with Crippen molar-refractivity contribution in [3.8, 4) is 17.2 Å². The zero-order valence-electron chi connectivity index (χ0n) is 16.1. The molecule has 7 heteroatoms. The predicted molar refractivity (Wildman–Crippen MR) is 104 cm³/mol. The molecule has 29 heavy (non-hydrogen) atoms. The molecule has 7 nitrogen and oxygen atoms in total. The summed E-state index contributed by atoms with van der Waals surface area (Å²) >= 11 is 0. The summed E-state index contributed by atoms with van der Waals surface area (Å²) < 4.78 is 11.2. The van der Waals surface area contributed by atoms with E-state index in [0.29, 0.717) is 17.9 Å². The minimum Gasteiger partial charge on any atom is -0.508 e. The molecule has 3 rings (SSSR count). The van der Waals surface area contributed by atoms with Crippen molar-refractivity contribution in [1.82, 2.24) is 0 Å². The Balaban J connectivity index is 1.78. The van der Waals surface area contributed by atoms with Crippen molar-refractivity contribution in [1.29, 1.82) is 0 Å². The summed E-state index contributed by atoms with van der Waals surface area (Å²) in [5.41, 5.74) is 0.694. The van der Waals surface area contributed by atoms with Gasteiger partial charge in [-0.25, -0.2) is 0 Å². The van der Waals surface area contributed by atoms with E-state index in [9.17, 15) is 19.8 Å². The van der Waals surface area contributed by atoms with Gasteiger partial charge in [0.1, 0.15) is 17.2 Å². The molecular weight excluding hydrogens is 376 g/mol. The number of benzene rings is 2. The van der Waals surface area contributed by atoms with Gasteiger partial charge in [0.05, 0.1) is 18.1 Å². The minimum absolute atomic E-state index is 0.0740. The van der Waals surface area contributed by atoms with Gasteiger partial charge >= 0.3 is 5.97 Å². The van der Waals surface area contributed by atoms with E-state index in [1.807, 2.05) is 0 Å². The monoisotopic (exact) mass is 400 g/mol. The Morgan fingerprint density at radius 1 is 1.14 bits per heavy atom. The van der Waals surface area contributed by atoms with Crippen LogP contribution in [0.3, 0.4) is 0 Å². The summed E-state index contributed by atoms with van der Waals surface area (Å²) in [6, 6.07) is 8.69. The highest BCUT2D eigenvalue weighted by molar-refractivity contribution is 6.10. The van der Waals surface area contributed by atoms with Crippen molar-refractivity contribution < 1.29 is 34.4 Å². The summed E-state index contributed by atoms with van der Waals surface area (Å²) in [6.07, 6.45) is 2.50. The Kier molecular flexibility index (Phi) is 6.39. The number of aromatic hydroxyl groups is 2. The molecule has 1 heterocycles. The molecule has 2 aromatic rings. The lowest BCUT2D eigenvalue weighted by Gasteiger charge is -2.23. The van der Waals surface area contributed by atoms with Crippen molar-refractivity contribution in [3.05, 3.63) is 53.1 Å². The first-order valence-electron chi connectivity index (χ1n) is 9.56. The molecule has 2 unspecified atom stereocenters. The normalized spacial score (nSPS) is 17.5. The molecule has 0 radical (unpaired) electrons. The van der Waals surface area contributed by atoms with Gasteiger partial charge in [-0.05, 0) is 55.2 Å². The van der Waals surface area contributed by atoms with Gasteiger partial charge < -0.3 is 24.8 Å². The standard InChI is InChI=1S/C22H24O7/c1-13(22(26)27)10-15-11-14(5-8-18(15)23)21(25)17-7-6-16(12-19(17)24)29-20-4-2-3-9-28-20/h5-8,11-13,20,23-24H,2-4,9-10H2,1H3,(H,26,27). The third kappa shape index (κ3) is 5.06. The zero-order chi connectivity index (χ0) is 21.0. The van der Waals surface area contributed by atoms with Crippen molar-refractivity contribution in [2.45, 2.75) is 38.9 Å². The fourth-order valence-electron chi connectivity index (χ4n) is 3.20. The van der Waals surface area contributed by atoms with Gasteiger partial charge in [-0.1, -0.05) is 6.92 Å². The average molecular weight is 400 g/mol. The van der Waals surface area contributed by atoms with E-state index in [4.69, 9.17) is 14.6 Å². The van der Waals surface area contributed by atoms with Crippen LogP contribution < -0.4 is 4.74 Å². The highest BCUT2D eigenvalue weighted by Crippen LogP contribution is 2.29. The first-order valence-corrected chi connectivity index (χ1v) is 9.56. The van der Waals surface area contributed by atoms with Crippen LogP contribution >= 0.6 is 0 Å². The Morgan fingerprint density at radius 2 is 1.93 bits per heavy atom. The van der Waals surface area contributed by atoms with Crippen molar-refractivity contribution in [2.75, 3.05) is 6.61 Å². The lowest BCUT2D eigenvalue weighted by Crippen LogP contribution is -2.24. The average Bonchev–Trinajstić information content (AvgIpc) is 2.70. The first-order chi connectivity index (χ1) is 13.8. The van der Waals surface area contributed by atoms with E-state index < -0.39 is 17.7 Å². The van der Waals surface area contributed by atoms with E-state index in [1.165, 1.54) is 37.3 Å². The molecule has 3 N–H and O–H groups in total. The number of carboxylic acids is 1. The van der Waals surface area contributed by atoms with Crippen LogP contribution in [0.4, 0.5) is 0 Å². The Hall–Kier alpha value is -3.06. The van der Waals surface area contributed by atoms with E-state index in [2.05, 4.69) is 0 Å². The minimum atomic E-state index is -0.990. The number of carboxylic acid groups (broad SMARTS) is 1. The Labute approximate surface area is 168 Å². The third-order valence-electron chi connectivity index (χ3n) is 4.91. The van der Waals surface area contributed by atoms with E-state index in [-0.39, 0.29) is 35.3 Å². The van der Waals surface area contributed by atoms with Crippen LogP contribution in [0.25, 0.3) is 0 Å². The van der Waals surface area contributed by atoms with Crippen molar-refractivity contribution in [2.24, 2.45) is 5.92 Å². The molecule has 0 saturated carbocycles. The SMILES string of the molecule is CC(Cc1cc(C(=O)c2ccc(OC3CCCCO3)cc2O)ccc1O)C(=O)O. The molecule has 1 aliphatic heterocycles. The zero-order valence-corrected chi connectivity index (χ0v) is 16.1. The Bertz CT molecular complexity index is 900. The van der Waals surface area contributed by atoms with Gasteiger partial charge in [0, 0.05) is 18.1 Å². The number of hydrogen-bond acceptors (Lipinski definition) is 6. The summed E-state index contributed by atoms with van der Waals surface area (Å²) in [5, 5.41) is 29.4. The van der Waals surface area contributed by atoms with Gasteiger partial charge in [0.2, 0.25) is 0 Å². The highest BCUT2D eigenvalue weighted by atomic mass is 16.7. The second-order valence-corrected chi connectivity index (χ2v) is 7.21. The lowest BCUT2D eigenvalue weighted by molar-refractivity contribution is -0.141. The molecule has 0 amide bonds. The maximum atomic E-state index is 12.8. The van der Waals surface area contributed by atoms with Crippen molar-refractivity contribution >= 4 is 11.8 Å². The van der Waals surface area contributed by atoms with Crippen LogP contribution in [-0.4, -0.2) is 40.0 Å². The second-order valence-electron chi connectivity index (χ2n) is 7.21. The topological polar surface area (TPSA) is 113 Å². The molecule has 0 aliphatic carbocycles. The van der Waals surface area contributed by atoms with Gasteiger partial charge in [-0.3, -0.25) is 9.59 Å². The quantitative estimate of drug-likeness (QED) is 0.610. The highest BCUT2D eigenvalue weighted by Gasteiger charge is 2.20. The van der Waals surface area contributed by atoms with Crippen molar-refractivity contribution in [3.63, 3.8) is 0 Å². The number of ether oxygens (including phenoxy) is 2. The molecule has 1 saturated heterocycles. The molecule has 1 aliphatic rings. The molecule has 1 fully saturated rings. The predicted octanol–water partition coefficient (Wildman–Crippen LogP) is 3.50. The summed E-state index contributed by atoms with van der Waals surface area (Å²) in [7, 11) is 0. The molecular formula is C22H24O7. The van der Waals surface area contributed by atoms with Crippen LogP contribution in [0.2, 0.25) is 0 Å². The lowest BCUT2D eigenvalue weighted by atomic mass is 9.95.